The lowest BCUT2D eigenvalue weighted by atomic mass is 10.00. The molecule has 0 atom stereocenters. The van der Waals surface area contributed by atoms with Crippen molar-refractivity contribution in [3.05, 3.63) is 72.7 Å². The van der Waals surface area contributed by atoms with Gasteiger partial charge in [-0.1, -0.05) is 44.2 Å². The van der Waals surface area contributed by atoms with Crippen LogP contribution in [0.5, 0.6) is 0 Å². The number of halogens is 3. The molecule has 0 aliphatic carbocycles. The molecule has 0 spiro atoms. The topological polar surface area (TPSA) is 64.2 Å². The highest BCUT2D eigenvalue weighted by molar-refractivity contribution is 7.19. The fourth-order valence-corrected chi connectivity index (χ4v) is 4.94. The zero-order valence-corrected chi connectivity index (χ0v) is 20.0. The number of hydrogen-bond donors (Lipinski definition) is 1. The van der Waals surface area contributed by atoms with Crippen LogP contribution in [0.1, 0.15) is 49.3 Å². The number of rotatable bonds is 6. The molecule has 1 aromatic carbocycles. The van der Waals surface area contributed by atoms with Crippen LogP contribution in [0.15, 0.2) is 39.9 Å². The summed E-state index contributed by atoms with van der Waals surface area (Å²) in [4.78, 5) is 26.9. The Morgan fingerprint density at radius 2 is 1.79 bits per heavy atom. The lowest BCUT2D eigenvalue weighted by Gasteiger charge is -2.13. The van der Waals surface area contributed by atoms with Crippen LogP contribution in [0.25, 0.3) is 16.3 Å². The average Bonchev–Trinajstić information content (AvgIpc) is 3.05. The molecule has 0 aliphatic rings. The molecule has 1 N–H and O–H groups in total. The summed E-state index contributed by atoms with van der Waals surface area (Å²) in [6, 6.07) is 5.32. The summed E-state index contributed by atoms with van der Waals surface area (Å²) in [5, 5.41) is 10.5. The van der Waals surface area contributed by atoms with Gasteiger partial charge in [-0.25, -0.2) is 4.79 Å². The Hall–Kier alpha value is -2.65. The maximum absolute atomic E-state index is 13.6. The predicted molar refractivity (Wildman–Crippen MR) is 126 cm³/mol. The van der Waals surface area contributed by atoms with Gasteiger partial charge in [0.1, 0.15) is 4.83 Å². The highest BCUT2D eigenvalue weighted by Crippen LogP contribution is 2.37. The predicted octanol–water partition coefficient (Wildman–Crippen LogP) is 4.81. The van der Waals surface area contributed by atoms with E-state index >= 15 is 0 Å². The van der Waals surface area contributed by atoms with Crippen LogP contribution in [0.2, 0.25) is 0 Å². The summed E-state index contributed by atoms with van der Waals surface area (Å²) in [5.74, 6) is 0.107. The second-order valence-electron chi connectivity index (χ2n) is 9.09. The van der Waals surface area contributed by atoms with Gasteiger partial charge in [0.05, 0.1) is 16.6 Å². The number of alkyl halides is 3. The van der Waals surface area contributed by atoms with Crippen molar-refractivity contribution in [1.29, 1.82) is 0 Å². The molecule has 0 aliphatic heterocycles. The van der Waals surface area contributed by atoms with Gasteiger partial charge in [0, 0.05) is 30.5 Å². The molecule has 5 nitrogen and oxygen atoms in total. The first-order valence-electron chi connectivity index (χ1n) is 10.5. The fraction of sp³-hybridized carbons (Fsp3) is 0.417. The number of aliphatic hydroxyl groups is 1. The zero-order valence-electron chi connectivity index (χ0n) is 19.2. The third-order valence-corrected chi connectivity index (χ3v) is 6.39. The minimum absolute atomic E-state index is 0.0699. The maximum atomic E-state index is 13.6. The molecule has 0 amide bonds. The lowest BCUT2D eigenvalue weighted by Crippen LogP contribution is -2.38. The molecule has 2 aromatic heterocycles. The Kier molecular flexibility index (Phi) is 6.77. The van der Waals surface area contributed by atoms with Crippen LogP contribution >= 0.6 is 11.3 Å². The first-order chi connectivity index (χ1) is 15.2. The quantitative estimate of drug-likeness (QED) is 0.551. The Labute approximate surface area is 193 Å². The molecular weight excluding hydrogens is 453 g/mol. The van der Waals surface area contributed by atoms with Gasteiger partial charge in [-0.2, -0.15) is 13.2 Å². The molecule has 0 bridgehead atoms. The van der Waals surface area contributed by atoms with E-state index in [0.717, 1.165) is 22.0 Å². The SMILES string of the molecule is CC(C)Cn1c(=O)n(C)c(=O)c2c(C=CC(C)(C)O)c(Cc3ccccc3C(F)(F)F)sc21. The normalized spacial score (nSPS) is 13.0. The number of benzene rings is 1. The highest BCUT2D eigenvalue weighted by Gasteiger charge is 2.33. The van der Waals surface area contributed by atoms with E-state index < -0.39 is 28.6 Å². The molecule has 33 heavy (non-hydrogen) atoms. The molecule has 3 rings (SSSR count). The third kappa shape index (κ3) is 5.30. The van der Waals surface area contributed by atoms with Crippen molar-refractivity contribution < 1.29 is 18.3 Å². The summed E-state index contributed by atoms with van der Waals surface area (Å²) in [6.45, 7) is 7.35. The minimum atomic E-state index is -4.52. The summed E-state index contributed by atoms with van der Waals surface area (Å²) >= 11 is 1.14. The molecule has 0 radical (unpaired) electrons. The minimum Gasteiger partial charge on any atom is -0.386 e. The summed E-state index contributed by atoms with van der Waals surface area (Å²) < 4.78 is 43.3. The first-order valence-corrected chi connectivity index (χ1v) is 11.3. The summed E-state index contributed by atoms with van der Waals surface area (Å²) in [7, 11) is 1.39. The van der Waals surface area contributed by atoms with Crippen LogP contribution in [0.3, 0.4) is 0 Å². The van der Waals surface area contributed by atoms with Gasteiger partial charge in [0.2, 0.25) is 0 Å². The lowest BCUT2D eigenvalue weighted by molar-refractivity contribution is -0.138. The molecule has 2 heterocycles. The Morgan fingerprint density at radius 3 is 2.36 bits per heavy atom. The number of thiophene rings is 1. The Balaban J connectivity index is 2.36. The molecule has 178 valence electrons. The van der Waals surface area contributed by atoms with E-state index in [1.807, 2.05) is 13.8 Å². The molecule has 0 fully saturated rings. The van der Waals surface area contributed by atoms with Gasteiger partial charge in [0.25, 0.3) is 5.56 Å². The van der Waals surface area contributed by atoms with E-state index in [-0.39, 0.29) is 23.3 Å². The zero-order chi connectivity index (χ0) is 24.7. The third-order valence-electron chi connectivity index (χ3n) is 5.16. The van der Waals surface area contributed by atoms with Crippen molar-refractivity contribution in [3.63, 3.8) is 0 Å². The molecular formula is C24H27F3N2O3S. The van der Waals surface area contributed by atoms with E-state index in [9.17, 15) is 27.9 Å². The van der Waals surface area contributed by atoms with Gasteiger partial charge in [-0.15, -0.1) is 11.3 Å². The van der Waals surface area contributed by atoms with E-state index in [2.05, 4.69) is 0 Å². The van der Waals surface area contributed by atoms with Crippen molar-refractivity contribution in [1.82, 2.24) is 9.13 Å². The number of nitrogens with zero attached hydrogens (tertiary/aromatic N) is 2. The van der Waals surface area contributed by atoms with E-state index in [0.29, 0.717) is 21.8 Å². The summed E-state index contributed by atoms with van der Waals surface area (Å²) in [5.41, 5.74) is -2.43. The number of aromatic nitrogens is 2. The number of hydrogen-bond acceptors (Lipinski definition) is 4. The van der Waals surface area contributed by atoms with Crippen molar-refractivity contribution in [2.45, 2.75) is 52.4 Å². The van der Waals surface area contributed by atoms with Crippen LogP contribution < -0.4 is 11.2 Å². The number of fused-ring (bicyclic) bond motifs is 1. The first kappa shape index (κ1) is 25.0. The van der Waals surface area contributed by atoms with Crippen LogP contribution in [-0.4, -0.2) is 19.8 Å². The molecule has 3 aromatic rings. The van der Waals surface area contributed by atoms with Gasteiger partial charge >= 0.3 is 11.9 Å². The second-order valence-corrected chi connectivity index (χ2v) is 10.2. The van der Waals surface area contributed by atoms with E-state index in [4.69, 9.17) is 0 Å². The monoisotopic (exact) mass is 480 g/mol. The van der Waals surface area contributed by atoms with Gasteiger partial charge in [-0.3, -0.25) is 13.9 Å². The molecule has 0 unspecified atom stereocenters. The van der Waals surface area contributed by atoms with Crippen LogP contribution in [-0.2, 0) is 26.2 Å². The molecule has 0 saturated heterocycles. The van der Waals surface area contributed by atoms with Crippen molar-refractivity contribution in [2.24, 2.45) is 13.0 Å². The molecule has 9 heteroatoms. The Morgan fingerprint density at radius 1 is 1.15 bits per heavy atom. The highest BCUT2D eigenvalue weighted by atomic mass is 32.1. The summed E-state index contributed by atoms with van der Waals surface area (Å²) in [6.07, 6.45) is -1.53. The Bertz CT molecular complexity index is 1320. The van der Waals surface area contributed by atoms with Crippen molar-refractivity contribution in [2.75, 3.05) is 0 Å². The smallest absolute Gasteiger partial charge is 0.386 e. The van der Waals surface area contributed by atoms with Crippen LogP contribution in [0.4, 0.5) is 13.2 Å². The maximum Gasteiger partial charge on any atom is 0.416 e. The standard InChI is InChI=1S/C24H27F3N2O3S/c1-14(2)13-29-21-19(20(30)28(5)22(29)31)16(10-11-23(3,4)32)18(33-21)12-15-8-6-7-9-17(15)24(25,26)27/h6-11,14,32H,12-13H2,1-5H3. The van der Waals surface area contributed by atoms with Gasteiger partial charge in [-0.05, 0) is 31.4 Å². The second kappa shape index (κ2) is 8.95. The molecule has 0 saturated carbocycles. The van der Waals surface area contributed by atoms with Gasteiger partial charge < -0.3 is 5.11 Å². The van der Waals surface area contributed by atoms with Crippen molar-refractivity contribution >= 4 is 27.6 Å². The van der Waals surface area contributed by atoms with Crippen LogP contribution in [0, 0.1) is 5.92 Å². The average molecular weight is 481 g/mol. The van der Waals surface area contributed by atoms with E-state index in [1.54, 1.807) is 19.9 Å². The largest absolute Gasteiger partial charge is 0.416 e. The van der Waals surface area contributed by atoms with E-state index in [1.165, 1.54) is 35.9 Å². The fourth-order valence-electron chi connectivity index (χ4n) is 3.64. The van der Waals surface area contributed by atoms with Gasteiger partial charge in [0.15, 0.2) is 0 Å². The van der Waals surface area contributed by atoms with Crippen molar-refractivity contribution in [3.8, 4) is 0 Å².